The van der Waals surface area contributed by atoms with Crippen molar-refractivity contribution in [2.75, 3.05) is 18.4 Å². The highest BCUT2D eigenvalue weighted by molar-refractivity contribution is 9.09. The lowest BCUT2D eigenvalue weighted by Gasteiger charge is -2.26. The number of nitrogens with zero attached hydrogens (tertiary/aromatic N) is 1. The van der Waals surface area contributed by atoms with Crippen molar-refractivity contribution in [1.29, 1.82) is 0 Å². The number of rotatable bonds is 1. The zero-order valence-corrected chi connectivity index (χ0v) is 14.9. The quantitative estimate of drug-likeness (QED) is 0.758. The van der Waals surface area contributed by atoms with Crippen molar-refractivity contribution in [3.8, 4) is 0 Å². The fourth-order valence-electron chi connectivity index (χ4n) is 3.24. The van der Waals surface area contributed by atoms with Gasteiger partial charge in [0, 0.05) is 24.8 Å². The van der Waals surface area contributed by atoms with Crippen LogP contribution in [0.25, 0.3) is 0 Å². The van der Waals surface area contributed by atoms with E-state index in [2.05, 4.69) is 45.5 Å². The van der Waals surface area contributed by atoms with Crippen molar-refractivity contribution in [3.63, 3.8) is 0 Å². The number of hydrogen-bond donors (Lipinski definition) is 1. The highest BCUT2D eigenvalue weighted by atomic mass is 79.9. The van der Waals surface area contributed by atoms with Crippen LogP contribution in [0.4, 0.5) is 10.5 Å². The van der Waals surface area contributed by atoms with Crippen LogP contribution in [0.5, 0.6) is 0 Å². The van der Waals surface area contributed by atoms with Crippen molar-refractivity contribution in [3.05, 3.63) is 29.8 Å². The van der Waals surface area contributed by atoms with E-state index >= 15 is 0 Å². The van der Waals surface area contributed by atoms with Crippen molar-refractivity contribution >= 4 is 27.7 Å². The van der Waals surface area contributed by atoms with Gasteiger partial charge in [0.1, 0.15) is 5.60 Å². The normalized spacial score (nSPS) is 27.5. The number of halogens is 1. The molecule has 0 unspecified atom stereocenters. The number of ether oxygens (including phenoxy) is 1. The van der Waals surface area contributed by atoms with Gasteiger partial charge in [-0.25, -0.2) is 4.79 Å². The van der Waals surface area contributed by atoms with Crippen LogP contribution in [0.3, 0.4) is 0 Å². The van der Waals surface area contributed by atoms with Crippen LogP contribution in [-0.2, 0) is 4.74 Å². The lowest BCUT2D eigenvalue weighted by molar-refractivity contribution is 0.0287. The number of anilines is 1. The number of benzene rings is 1. The monoisotopic (exact) mass is 366 g/mol. The Morgan fingerprint density at radius 2 is 2.09 bits per heavy atom. The highest BCUT2D eigenvalue weighted by Gasteiger charge is 2.40. The predicted octanol–water partition coefficient (Wildman–Crippen LogP) is 4.17. The smallest absolute Gasteiger partial charge is 0.410 e. The first-order chi connectivity index (χ1) is 10.3. The van der Waals surface area contributed by atoms with Gasteiger partial charge in [0.05, 0.1) is 4.83 Å². The van der Waals surface area contributed by atoms with Gasteiger partial charge >= 0.3 is 6.09 Å². The van der Waals surface area contributed by atoms with E-state index in [-0.39, 0.29) is 6.09 Å². The Morgan fingerprint density at radius 3 is 2.77 bits per heavy atom. The second kappa shape index (κ2) is 5.76. The number of carbonyl (C=O) groups excluding carboxylic acids is 1. The largest absolute Gasteiger partial charge is 0.444 e. The van der Waals surface area contributed by atoms with Gasteiger partial charge in [0.15, 0.2) is 0 Å². The molecule has 0 aromatic heterocycles. The third-order valence-corrected chi connectivity index (χ3v) is 5.34. The molecule has 0 saturated carbocycles. The SMILES string of the molecule is CC(C)(C)OC(=O)N1CC[C@H]([C@@H]2Nc3ccccc3[C@@H]2Br)C1. The molecule has 0 radical (unpaired) electrons. The summed E-state index contributed by atoms with van der Waals surface area (Å²) in [6.45, 7) is 7.24. The molecule has 1 aromatic carbocycles. The van der Waals surface area contributed by atoms with Crippen LogP contribution < -0.4 is 5.32 Å². The Morgan fingerprint density at radius 1 is 1.36 bits per heavy atom. The van der Waals surface area contributed by atoms with Crippen LogP contribution >= 0.6 is 15.9 Å². The van der Waals surface area contributed by atoms with Crippen molar-refractivity contribution in [2.45, 2.75) is 43.7 Å². The summed E-state index contributed by atoms with van der Waals surface area (Å²) in [6.07, 6.45) is 0.809. The maximum atomic E-state index is 12.2. The third kappa shape index (κ3) is 3.09. The molecule has 0 aliphatic carbocycles. The van der Waals surface area contributed by atoms with Gasteiger partial charge in [-0.3, -0.25) is 0 Å². The average molecular weight is 367 g/mol. The highest BCUT2D eigenvalue weighted by Crippen LogP contribution is 2.44. The first-order valence-corrected chi connectivity index (χ1v) is 8.74. The molecule has 2 aliphatic heterocycles. The summed E-state index contributed by atoms with van der Waals surface area (Å²) in [4.78, 5) is 14.3. The second-order valence-corrected chi connectivity index (χ2v) is 8.12. The third-order valence-electron chi connectivity index (χ3n) is 4.28. The fraction of sp³-hybridized carbons (Fsp3) is 0.588. The summed E-state index contributed by atoms with van der Waals surface area (Å²) in [5.74, 6) is 0.435. The first-order valence-electron chi connectivity index (χ1n) is 7.82. The molecule has 2 aliphatic rings. The Bertz CT molecular complexity index is 570. The molecule has 2 heterocycles. The van der Waals surface area contributed by atoms with Crippen molar-refractivity contribution in [1.82, 2.24) is 4.90 Å². The number of nitrogens with one attached hydrogen (secondary N) is 1. The number of carbonyl (C=O) groups is 1. The molecule has 5 heteroatoms. The summed E-state index contributed by atoms with van der Waals surface area (Å²) in [5.41, 5.74) is 2.07. The summed E-state index contributed by atoms with van der Waals surface area (Å²) in [7, 11) is 0. The summed E-state index contributed by atoms with van der Waals surface area (Å²) in [5, 5.41) is 3.61. The van der Waals surface area contributed by atoms with E-state index in [0.29, 0.717) is 16.8 Å². The number of likely N-dealkylation sites (tertiary alicyclic amines) is 1. The minimum Gasteiger partial charge on any atom is -0.444 e. The number of amides is 1. The molecule has 0 spiro atoms. The second-order valence-electron chi connectivity index (χ2n) is 7.13. The van der Waals surface area contributed by atoms with Gasteiger partial charge in [-0.15, -0.1) is 0 Å². The first kappa shape index (κ1) is 15.7. The van der Waals surface area contributed by atoms with Crippen molar-refractivity contribution < 1.29 is 9.53 Å². The van der Waals surface area contributed by atoms with Gasteiger partial charge in [-0.1, -0.05) is 34.1 Å². The number of para-hydroxylation sites is 1. The van der Waals surface area contributed by atoms with Gasteiger partial charge < -0.3 is 15.0 Å². The van der Waals surface area contributed by atoms with E-state index in [1.54, 1.807) is 0 Å². The average Bonchev–Trinajstić information content (AvgIpc) is 3.03. The molecule has 0 bridgehead atoms. The summed E-state index contributed by atoms with van der Waals surface area (Å²) >= 11 is 3.82. The Balaban J connectivity index is 1.64. The van der Waals surface area contributed by atoms with Crippen molar-refractivity contribution in [2.24, 2.45) is 5.92 Å². The van der Waals surface area contributed by atoms with Crippen LogP contribution in [-0.4, -0.2) is 35.7 Å². The van der Waals surface area contributed by atoms with Gasteiger partial charge in [-0.2, -0.15) is 0 Å². The number of alkyl halides is 1. The molecule has 1 N–H and O–H groups in total. The van der Waals surface area contributed by atoms with E-state index in [4.69, 9.17) is 4.74 Å². The van der Waals surface area contributed by atoms with E-state index < -0.39 is 5.60 Å². The maximum Gasteiger partial charge on any atom is 0.410 e. The molecule has 1 fully saturated rings. The van der Waals surface area contributed by atoms with Gasteiger partial charge in [-0.05, 0) is 44.7 Å². The molecule has 120 valence electrons. The minimum absolute atomic E-state index is 0.198. The molecular formula is C17H23BrN2O2. The molecule has 3 rings (SSSR count). The Labute approximate surface area is 140 Å². The Kier molecular flexibility index (Phi) is 4.10. The molecular weight excluding hydrogens is 344 g/mol. The van der Waals surface area contributed by atoms with E-state index in [1.807, 2.05) is 25.7 Å². The predicted molar refractivity (Wildman–Crippen MR) is 91.4 cm³/mol. The maximum absolute atomic E-state index is 12.2. The summed E-state index contributed by atoms with van der Waals surface area (Å²) < 4.78 is 5.48. The standard InChI is InChI=1S/C17H23BrN2O2/c1-17(2,3)22-16(21)20-9-8-11(10-20)15-14(18)12-6-4-5-7-13(12)19-15/h4-7,11,14-15,19H,8-10H2,1-3H3/t11-,14-,15-/m0/s1. The zero-order valence-electron chi connectivity index (χ0n) is 13.3. The van der Waals surface area contributed by atoms with Crippen LogP contribution in [0, 0.1) is 5.92 Å². The van der Waals surface area contributed by atoms with Crippen LogP contribution in [0.1, 0.15) is 37.6 Å². The van der Waals surface area contributed by atoms with Crippen LogP contribution in [0.15, 0.2) is 24.3 Å². The van der Waals surface area contributed by atoms with Crippen LogP contribution in [0.2, 0.25) is 0 Å². The molecule has 4 nitrogen and oxygen atoms in total. The van der Waals surface area contributed by atoms with E-state index in [9.17, 15) is 4.79 Å². The van der Waals surface area contributed by atoms with E-state index in [1.165, 1.54) is 11.3 Å². The molecule has 1 aromatic rings. The topological polar surface area (TPSA) is 41.6 Å². The van der Waals surface area contributed by atoms with E-state index in [0.717, 1.165) is 19.5 Å². The van der Waals surface area contributed by atoms with Gasteiger partial charge in [0.2, 0.25) is 0 Å². The number of hydrogen-bond acceptors (Lipinski definition) is 3. The fourth-order valence-corrected chi connectivity index (χ4v) is 4.21. The molecule has 1 amide bonds. The molecule has 1 saturated heterocycles. The minimum atomic E-state index is -0.436. The lowest BCUT2D eigenvalue weighted by atomic mass is 9.96. The molecule has 3 atom stereocenters. The summed E-state index contributed by atoms with van der Waals surface area (Å²) in [6, 6.07) is 8.71. The Hall–Kier alpha value is -1.23. The molecule has 22 heavy (non-hydrogen) atoms. The number of fused-ring (bicyclic) bond motifs is 1. The van der Waals surface area contributed by atoms with Gasteiger partial charge in [0.25, 0.3) is 0 Å². The lowest BCUT2D eigenvalue weighted by Crippen LogP contribution is -2.37. The zero-order chi connectivity index (χ0) is 15.9.